The van der Waals surface area contributed by atoms with Gasteiger partial charge in [0.1, 0.15) is 5.60 Å². The zero-order chi connectivity index (χ0) is 14.5. The summed E-state index contributed by atoms with van der Waals surface area (Å²) in [5.74, 6) is 0. The number of nitro groups is 1. The fourth-order valence-corrected chi connectivity index (χ4v) is 1.22. The molecule has 7 nitrogen and oxygen atoms in total. The summed E-state index contributed by atoms with van der Waals surface area (Å²) in [6.07, 6.45) is 0.476. The van der Waals surface area contributed by atoms with Gasteiger partial charge >= 0.3 is 6.09 Å². The predicted molar refractivity (Wildman–Crippen MR) is 70.1 cm³/mol. The predicted octanol–water partition coefficient (Wildman–Crippen LogP) is 2.45. The number of nitro benzene ring substituents is 1. The molecule has 0 bridgehead atoms. The minimum atomic E-state index is -0.720. The van der Waals surface area contributed by atoms with Gasteiger partial charge in [-0.05, 0) is 26.8 Å². The van der Waals surface area contributed by atoms with Crippen molar-refractivity contribution in [1.29, 1.82) is 0 Å². The summed E-state index contributed by atoms with van der Waals surface area (Å²) < 4.78 is 4.96. The summed E-state index contributed by atoms with van der Waals surface area (Å²) in [5, 5.41) is 14.4. The van der Waals surface area contributed by atoms with Crippen LogP contribution in [0.15, 0.2) is 29.4 Å². The van der Waals surface area contributed by atoms with Crippen molar-refractivity contribution in [2.45, 2.75) is 26.4 Å². The number of nitrogens with one attached hydrogen (secondary N) is 1. The van der Waals surface area contributed by atoms with Crippen molar-refractivity contribution < 1.29 is 14.5 Å². The van der Waals surface area contributed by atoms with Crippen LogP contribution in [-0.4, -0.2) is 22.8 Å². The first-order valence-electron chi connectivity index (χ1n) is 5.55. The highest BCUT2D eigenvalue weighted by atomic mass is 16.6. The molecule has 19 heavy (non-hydrogen) atoms. The number of ether oxygens (including phenoxy) is 1. The van der Waals surface area contributed by atoms with Crippen LogP contribution in [0.2, 0.25) is 0 Å². The summed E-state index contributed by atoms with van der Waals surface area (Å²) in [4.78, 5) is 21.5. The summed E-state index contributed by atoms with van der Waals surface area (Å²) in [6, 6.07) is 6.08. The van der Waals surface area contributed by atoms with Crippen LogP contribution in [0.25, 0.3) is 0 Å². The molecule has 0 radical (unpaired) electrons. The Balaban J connectivity index is 2.68. The molecule has 0 unspecified atom stereocenters. The lowest BCUT2D eigenvalue weighted by Crippen LogP contribution is -2.29. The van der Waals surface area contributed by atoms with Crippen molar-refractivity contribution >= 4 is 18.0 Å². The first-order chi connectivity index (χ1) is 8.79. The summed E-state index contributed by atoms with van der Waals surface area (Å²) in [6.45, 7) is 5.16. The number of amides is 1. The van der Waals surface area contributed by atoms with Crippen LogP contribution in [-0.2, 0) is 4.74 Å². The standard InChI is InChI=1S/C12H15N3O4/c1-12(2,3)19-11(16)14-13-8-9-6-4-5-7-10(9)15(17)18/h4-8H,1-3H3,(H,14,16). The van der Waals surface area contributed by atoms with Crippen molar-refractivity contribution in [2.24, 2.45) is 5.10 Å². The SMILES string of the molecule is CC(C)(C)OC(=O)NN=Cc1ccccc1[N+](=O)[O-]. The molecule has 0 aliphatic rings. The number of rotatable bonds is 3. The Morgan fingerprint density at radius 2 is 2.05 bits per heavy atom. The summed E-state index contributed by atoms with van der Waals surface area (Å²) >= 11 is 0. The van der Waals surface area contributed by atoms with Gasteiger partial charge in [0.15, 0.2) is 0 Å². The maximum Gasteiger partial charge on any atom is 0.428 e. The Morgan fingerprint density at radius 1 is 1.42 bits per heavy atom. The van der Waals surface area contributed by atoms with E-state index in [2.05, 4.69) is 10.5 Å². The third kappa shape index (κ3) is 5.15. The van der Waals surface area contributed by atoms with E-state index in [1.807, 2.05) is 0 Å². The van der Waals surface area contributed by atoms with Crippen molar-refractivity contribution in [3.8, 4) is 0 Å². The van der Waals surface area contributed by atoms with Crippen LogP contribution in [0, 0.1) is 10.1 Å². The molecular weight excluding hydrogens is 250 g/mol. The topological polar surface area (TPSA) is 93.8 Å². The number of benzene rings is 1. The van der Waals surface area contributed by atoms with Crippen molar-refractivity contribution in [3.05, 3.63) is 39.9 Å². The van der Waals surface area contributed by atoms with E-state index in [9.17, 15) is 14.9 Å². The second kappa shape index (κ2) is 5.94. The first-order valence-corrected chi connectivity index (χ1v) is 5.55. The molecule has 7 heteroatoms. The maximum absolute atomic E-state index is 11.3. The third-order valence-corrected chi connectivity index (χ3v) is 1.89. The molecule has 1 N–H and O–H groups in total. The summed E-state index contributed by atoms with van der Waals surface area (Å²) in [5.41, 5.74) is 1.72. The van der Waals surface area contributed by atoms with Gasteiger partial charge in [0.25, 0.3) is 5.69 Å². The number of para-hydroxylation sites is 1. The summed E-state index contributed by atoms with van der Waals surface area (Å²) in [7, 11) is 0. The zero-order valence-corrected chi connectivity index (χ0v) is 10.9. The van der Waals surface area contributed by atoms with E-state index >= 15 is 0 Å². The molecule has 0 atom stereocenters. The van der Waals surface area contributed by atoms with Crippen LogP contribution in [0.4, 0.5) is 10.5 Å². The fraction of sp³-hybridized carbons (Fsp3) is 0.333. The highest BCUT2D eigenvalue weighted by Gasteiger charge is 2.15. The molecule has 1 rings (SSSR count). The molecule has 0 aliphatic carbocycles. The Kier molecular flexibility index (Phi) is 4.57. The van der Waals surface area contributed by atoms with Gasteiger partial charge in [-0.25, -0.2) is 10.2 Å². The molecule has 0 saturated carbocycles. The lowest BCUT2D eigenvalue weighted by atomic mass is 10.2. The van der Waals surface area contributed by atoms with Gasteiger partial charge in [-0.15, -0.1) is 0 Å². The lowest BCUT2D eigenvalue weighted by molar-refractivity contribution is -0.385. The van der Waals surface area contributed by atoms with Gasteiger partial charge in [-0.2, -0.15) is 5.10 Å². The van der Waals surface area contributed by atoms with Crippen molar-refractivity contribution in [3.63, 3.8) is 0 Å². The zero-order valence-electron chi connectivity index (χ0n) is 10.9. The molecule has 0 fully saturated rings. The van der Waals surface area contributed by atoms with Crippen LogP contribution in [0.5, 0.6) is 0 Å². The minimum absolute atomic E-state index is 0.0859. The largest absolute Gasteiger partial charge is 0.443 e. The van der Waals surface area contributed by atoms with E-state index in [4.69, 9.17) is 4.74 Å². The van der Waals surface area contributed by atoms with Crippen LogP contribution >= 0.6 is 0 Å². The van der Waals surface area contributed by atoms with Gasteiger partial charge in [-0.1, -0.05) is 12.1 Å². The molecular formula is C12H15N3O4. The normalized spacial score (nSPS) is 11.3. The van der Waals surface area contributed by atoms with E-state index in [0.29, 0.717) is 5.56 Å². The Hall–Kier alpha value is -2.44. The first kappa shape index (κ1) is 14.6. The number of hydrogen-bond acceptors (Lipinski definition) is 5. The third-order valence-electron chi connectivity index (χ3n) is 1.89. The van der Waals surface area contributed by atoms with E-state index < -0.39 is 16.6 Å². The highest BCUT2D eigenvalue weighted by molar-refractivity contribution is 5.85. The smallest absolute Gasteiger partial charge is 0.428 e. The van der Waals surface area contributed by atoms with Gasteiger partial charge in [0.05, 0.1) is 16.7 Å². The molecule has 0 spiro atoms. The molecule has 1 aromatic carbocycles. The van der Waals surface area contributed by atoms with E-state index in [0.717, 1.165) is 0 Å². The fourth-order valence-electron chi connectivity index (χ4n) is 1.22. The number of hydrazone groups is 1. The van der Waals surface area contributed by atoms with Gasteiger partial charge < -0.3 is 4.74 Å². The van der Waals surface area contributed by atoms with Crippen molar-refractivity contribution in [2.75, 3.05) is 0 Å². The minimum Gasteiger partial charge on any atom is -0.443 e. The average molecular weight is 265 g/mol. The molecule has 0 heterocycles. The van der Waals surface area contributed by atoms with E-state index in [1.54, 1.807) is 32.9 Å². The number of carbonyl (C=O) groups excluding carboxylic acids is 1. The molecule has 102 valence electrons. The Bertz CT molecular complexity index is 506. The average Bonchev–Trinajstić information content (AvgIpc) is 2.27. The molecule has 1 amide bonds. The number of hydrogen-bond donors (Lipinski definition) is 1. The number of carbonyl (C=O) groups is 1. The maximum atomic E-state index is 11.3. The number of nitrogens with zero attached hydrogens (tertiary/aromatic N) is 2. The Morgan fingerprint density at radius 3 is 2.63 bits per heavy atom. The highest BCUT2D eigenvalue weighted by Crippen LogP contribution is 2.15. The molecule has 0 aliphatic heterocycles. The van der Waals surface area contributed by atoms with Crippen LogP contribution < -0.4 is 5.43 Å². The van der Waals surface area contributed by atoms with E-state index in [1.165, 1.54) is 18.3 Å². The van der Waals surface area contributed by atoms with Gasteiger partial charge in [0, 0.05) is 6.07 Å². The van der Waals surface area contributed by atoms with Crippen molar-refractivity contribution in [1.82, 2.24) is 5.43 Å². The molecule has 0 aromatic heterocycles. The monoisotopic (exact) mass is 265 g/mol. The Labute approximate surface area is 110 Å². The van der Waals surface area contributed by atoms with Crippen LogP contribution in [0.3, 0.4) is 0 Å². The lowest BCUT2D eigenvalue weighted by Gasteiger charge is -2.18. The second-order valence-corrected chi connectivity index (χ2v) is 4.69. The second-order valence-electron chi connectivity index (χ2n) is 4.69. The van der Waals surface area contributed by atoms with E-state index in [-0.39, 0.29) is 5.69 Å². The van der Waals surface area contributed by atoms with Gasteiger partial charge in [-0.3, -0.25) is 10.1 Å². The van der Waals surface area contributed by atoms with Crippen LogP contribution in [0.1, 0.15) is 26.3 Å². The quantitative estimate of drug-likeness (QED) is 0.516. The molecule has 1 aromatic rings. The van der Waals surface area contributed by atoms with Gasteiger partial charge in [0.2, 0.25) is 0 Å². The molecule has 0 saturated heterocycles.